The molecule has 124 valence electrons. The first-order valence-corrected chi connectivity index (χ1v) is 7.81. The van der Waals surface area contributed by atoms with E-state index in [1.807, 2.05) is 20.9 Å². The number of nitrogens with zero attached hydrogens (tertiary/aromatic N) is 3. The van der Waals surface area contributed by atoms with Crippen LogP contribution in [0.15, 0.2) is 30.3 Å². The van der Waals surface area contributed by atoms with Crippen LogP contribution in [0.25, 0.3) is 11.0 Å². The predicted octanol–water partition coefficient (Wildman–Crippen LogP) is 3.26. The zero-order valence-electron chi connectivity index (χ0n) is 13.6. The summed E-state index contributed by atoms with van der Waals surface area (Å²) in [6.07, 6.45) is 0. The van der Waals surface area contributed by atoms with Gasteiger partial charge in [0.2, 0.25) is 5.88 Å². The predicted molar refractivity (Wildman–Crippen MR) is 93.6 cm³/mol. The SMILES string of the molecule is Cc1cc(OCC(=O)Nc2ccccc2Cl)nc2c1c(C)nn2C. The molecule has 24 heavy (non-hydrogen) atoms. The molecular formula is C17H17ClN4O2. The minimum absolute atomic E-state index is 0.153. The highest BCUT2D eigenvalue weighted by molar-refractivity contribution is 6.33. The topological polar surface area (TPSA) is 69.0 Å². The quantitative estimate of drug-likeness (QED) is 0.788. The van der Waals surface area contributed by atoms with Gasteiger partial charge in [0.15, 0.2) is 12.3 Å². The number of benzene rings is 1. The van der Waals surface area contributed by atoms with Gasteiger partial charge in [0.25, 0.3) is 5.91 Å². The molecule has 1 N–H and O–H groups in total. The Morgan fingerprint density at radius 1 is 1.33 bits per heavy atom. The standard InChI is InChI=1S/C17H17ClN4O2/c1-10-8-15(20-17-16(10)11(2)21-22(17)3)24-9-14(23)19-13-7-5-4-6-12(13)18/h4-8H,9H2,1-3H3,(H,19,23). The summed E-state index contributed by atoms with van der Waals surface area (Å²) in [5.41, 5.74) is 3.20. The third kappa shape index (κ3) is 3.19. The lowest BCUT2D eigenvalue weighted by molar-refractivity contribution is -0.118. The molecule has 0 aliphatic carbocycles. The number of hydrogen-bond acceptors (Lipinski definition) is 4. The maximum Gasteiger partial charge on any atom is 0.262 e. The smallest absolute Gasteiger partial charge is 0.262 e. The monoisotopic (exact) mass is 344 g/mol. The molecule has 0 radical (unpaired) electrons. The molecule has 0 saturated carbocycles. The van der Waals surface area contributed by atoms with E-state index in [1.165, 1.54) is 0 Å². The van der Waals surface area contributed by atoms with Gasteiger partial charge in [-0.05, 0) is 31.5 Å². The van der Waals surface area contributed by atoms with Gasteiger partial charge in [-0.3, -0.25) is 9.48 Å². The van der Waals surface area contributed by atoms with Gasteiger partial charge in [-0.2, -0.15) is 10.1 Å². The molecule has 0 unspecified atom stereocenters. The van der Waals surface area contributed by atoms with Crippen molar-refractivity contribution in [1.29, 1.82) is 0 Å². The number of pyridine rings is 1. The molecule has 1 amide bonds. The molecule has 0 spiro atoms. The summed E-state index contributed by atoms with van der Waals surface area (Å²) in [6.45, 7) is 3.75. The van der Waals surface area contributed by atoms with E-state index in [2.05, 4.69) is 15.4 Å². The molecule has 2 heterocycles. The van der Waals surface area contributed by atoms with Gasteiger partial charge in [-0.1, -0.05) is 23.7 Å². The maximum atomic E-state index is 12.0. The Balaban J connectivity index is 1.73. The number of amides is 1. The maximum absolute atomic E-state index is 12.0. The molecule has 3 rings (SSSR count). The van der Waals surface area contributed by atoms with Crippen molar-refractivity contribution in [3.8, 4) is 5.88 Å². The molecular weight excluding hydrogens is 328 g/mol. The molecule has 0 atom stereocenters. The summed E-state index contributed by atoms with van der Waals surface area (Å²) in [5, 5.41) is 8.55. The average molecular weight is 345 g/mol. The number of fused-ring (bicyclic) bond motifs is 1. The number of para-hydroxylation sites is 1. The van der Waals surface area contributed by atoms with Crippen LogP contribution >= 0.6 is 11.6 Å². The molecule has 0 aliphatic heterocycles. The summed E-state index contributed by atoms with van der Waals surface area (Å²) < 4.78 is 7.23. The summed E-state index contributed by atoms with van der Waals surface area (Å²) in [7, 11) is 1.83. The van der Waals surface area contributed by atoms with Crippen LogP contribution in [0.3, 0.4) is 0 Å². The number of ether oxygens (including phenoxy) is 1. The summed E-state index contributed by atoms with van der Waals surface area (Å²) in [6, 6.07) is 8.84. The first-order valence-electron chi connectivity index (χ1n) is 7.44. The fourth-order valence-corrected chi connectivity index (χ4v) is 2.78. The average Bonchev–Trinajstić information content (AvgIpc) is 2.82. The summed E-state index contributed by atoms with van der Waals surface area (Å²) >= 11 is 6.01. The molecule has 3 aromatic rings. The number of carbonyl (C=O) groups excluding carboxylic acids is 1. The van der Waals surface area contributed by atoms with Gasteiger partial charge in [0, 0.05) is 18.5 Å². The van der Waals surface area contributed by atoms with Crippen molar-refractivity contribution in [2.45, 2.75) is 13.8 Å². The Bertz CT molecular complexity index is 920. The Morgan fingerprint density at radius 2 is 2.08 bits per heavy atom. The lowest BCUT2D eigenvalue weighted by Gasteiger charge is -2.09. The van der Waals surface area contributed by atoms with Gasteiger partial charge in [-0.15, -0.1) is 0 Å². The zero-order valence-corrected chi connectivity index (χ0v) is 14.4. The number of nitrogens with one attached hydrogen (secondary N) is 1. The number of aromatic nitrogens is 3. The van der Waals surface area contributed by atoms with Crippen molar-refractivity contribution in [3.05, 3.63) is 46.6 Å². The summed E-state index contributed by atoms with van der Waals surface area (Å²) in [5.74, 6) is 0.0844. The Labute approximate surface area is 144 Å². The van der Waals surface area contributed by atoms with E-state index in [4.69, 9.17) is 16.3 Å². The van der Waals surface area contributed by atoms with Crippen LogP contribution < -0.4 is 10.1 Å². The van der Waals surface area contributed by atoms with Crippen molar-refractivity contribution in [2.75, 3.05) is 11.9 Å². The molecule has 0 bridgehead atoms. The number of anilines is 1. The molecule has 6 nitrogen and oxygen atoms in total. The van der Waals surface area contributed by atoms with E-state index in [1.54, 1.807) is 35.0 Å². The van der Waals surface area contributed by atoms with Gasteiger partial charge < -0.3 is 10.1 Å². The lowest BCUT2D eigenvalue weighted by Crippen LogP contribution is -2.20. The highest BCUT2D eigenvalue weighted by atomic mass is 35.5. The number of rotatable bonds is 4. The fourth-order valence-electron chi connectivity index (χ4n) is 2.59. The second-order valence-electron chi connectivity index (χ2n) is 5.50. The lowest BCUT2D eigenvalue weighted by atomic mass is 10.2. The summed E-state index contributed by atoms with van der Waals surface area (Å²) in [4.78, 5) is 16.4. The third-order valence-corrected chi connectivity index (χ3v) is 3.97. The fraction of sp³-hybridized carbons (Fsp3) is 0.235. The van der Waals surface area contributed by atoms with E-state index in [0.29, 0.717) is 16.6 Å². The minimum atomic E-state index is -0.302. The normalized spacial score (nSPS) is 10.8. The van der Waals surface area contributed by atoms with Crippen molar-refractivity contribution in [3.63, 3.8) is 0 Å². The van der Waals surface area contributed by atoms with Crippen molar-refractivity contribution in [2.24, 2.45) is 7.05 Å². The highest BCUT2D eigenvalue weighted by Crippen LogP contribution is 2.24. The Morgan fingerprint density at radius 3 is 2.83 bits per heavy atom. The van der Waals surface area contributed by atoms with Crippen LogP contribution in [0, 0.1) is 13.8 Å². The van der Waals surface area contributed by atoms with Crippen LogP contribution in [0.1, 0.15) is 11.3 Å². The molecule has 2 aromatic heterocycles. The van der Waals surface area contributed by atoms with Crippen LogP contribution in [-0.4, -0.2) is 27.3 Å². The third-order valence-electron chi connectivity index (χ3n) is 3.64. The molecule has 0 aliphatic rings. The van der Waals surface area contributed by atoms with Gasteiger partial charge in [0.05, 0.1) is 16.4 Å². The molecule has 1 aromatic carbocycles. The second-order valence-corrected chi connectivity index (χ2v) is 5.91. The van der Waals surface area contributed by atoms with Gasteiger partial charge >= 0.3 is 0 Å². The van der Waals surface area contributed by atoms with E-state index in [-0.39, 0.29) is 12.5 Å². The zero-order chi connectivity index (χ0) is 17.3. The van der Waals surface area contributed by atoms with Crippen LogP contribution in [-0.2, 0) is 11.8 Å². The van der Waals surface area contributed by atoms with Crippen LogP contribution in [0.4, 0.5) is 5.69 Å². The van der Waals surface area contributed by atoms with Crippen LogP contribution in [0.2, 0.25) is 5.02 Å². The first-order chi connectivity index (χ1) is 11.5. The largest absolute Gasteiger partial charge is 0.467 e. The van der Waals surface area contributed by atoms with E-state index >= 15 is 0 Å². The number of carbonyl (C=O) groups is 1. The van der Waals surface area contributed by atoms with Gasteiger partial charge in [-0.25, -0.2) is 0 Å². The molecule has 0 saturated heterocycles. The van der Waals surface area contributed by atoms with Crippen molar-refractivity contribution < 1.29 is 9.53 Å². The Kier molecular flexibility index (Phi) is 4.40. The Hall–Kier alpha value is -2.60. The highest BCUT2D eigenvalue weighted by Gasteiger charge is 2.13. The van der Waals surface area contributed by atoms with Crippen LogP contribution in [0.5, 0.6) is 5.88 Å². The van der Waals surface area contributed by atoms with E-state index in [0.717, 1.165) is 22.3 Å². The molecule has 7 heteroatoms. The van der Waals surface area contributed by atoms with E-state index in [9.17, 15) is 4.79 Å². The minimum Gasteiger partial charge on any atom is -0.467 e. The van der Waals surface area contributed by atoms with Crippen molar-refractivity contribution in [1.82, 2.24) is 14.8 Å². The van der Waals surface area contributed by atoms with Crippen molar-refractivity contribution >= 4 is 34.2 Å². The number of aryl methyl sites for hydroxylation is 3. The number of hydrogen-bond donors (Lipinski definition) is 1. The first kappa shape index (κ1) is 16.3. The van der Waals surface area contributed by atoms with E-state index < -0.39 is 0 Å². The number of halogens is 1. The molecule has 0 fully saturated rings. The second kappa shape index (κ2) is 6.49. The van der Waals surface area contributed by atoms with Gasteiger partial charge in [0.1, 0.15) is 0 Å².